The van der Waals surface area contributed by atoms with E-state index in [1.165, 1.54) is 43.5 Å². The van der Waals surface area contributed by atoms with E-state index in [9.17, 15) is 0 Å². The lowest BCUT2D eigenvalue weighted by Gasteiger charge is -2.22. The molecule has 3 nitrogen and oxygen atoms in total. The van der Waals surface area contributed by atoms with Gasteiger partial charge < -0.3 is 10.1 Å². The van der Waals surface area contributed by atoms with Crippen LogP contribution in [0.5, 0.6) is 5.75 Å². The molecule has 1 fully saturated rings. The molecular weight excluding hydrogens is 248 g/mol. The summed E-state index contributed by atoms with van der Waals surface area (Å²) in [7, 11) is 3.75. The first kappa shape index (κ1) is 15.3. The van der Waals surface area contributed by atoms with Crippen LogP contribution in [0.2, 0.25) is 0 Å². The topological polar surface area (TPSA) is 24.5 Å². The molecule has 1 aromatic rings. The average molecular weight is 276 g/mol. The van der Waals surface area contributed by atoms with Crippen LogP contribution in [0.4, 0.5) is 0 Å². The van der Waals surface area contributed by atoms with E-state index in [1.54, 1.807) is 7.11 Å². The molecule has 0 amide bonds. The third-order valence-electron chi connectivity index (χ3n) is 4.23. The first-order valence-corrected chi connectivity index (χ1v) is 7.75. The van der Waals surface area contributed by atoms with E-state index >= 15 is 0 Å². The number of hydrogen-bond acceptors (Lipinski definition) is 3. The highest BCUT2D eigenvalue weighted by molar-refractivity contribution is 5.37. The van der Waals surface area contributed by atoms with Gasteiger partial charge in [-0.3, -0.25) is 4.90 Å². The Balaban J connectivity index is 2.07. The minimum absolute atomic E-state index is 0.873. The van der Waals surface area contributed by atoms with Gasteiger partial charge >= 0.3 is 0 Å². The third-order valence-corrected chi connectivity index (χ3v) is 4.23. The Morgan fingerprint density at radius 2 is 2.15 bits per heavy atom. The van der Waals surface area contributed by atoms with Crippen LogP contribution in [0.3, 0.4) is 0 Å². The van der Waals surface area contributed by atoms with Crippen molar-refractivity contribution < 1.29 is 4.74 Å². The number of likely N-dealkylation sites (tertiary alicyclic amines) is 1. The quantitative estimate of drug-likeness (QED) is 0.894. The predicted octanol–water partition coefficient (Wildman–Crippen LogP) is 3.04. The molecule has 1 heterocycles. The van der Waals surface area contributed by atoms with Gasteiger partial charge in [0.2, 0.25) is 0 Å². The van der Waals surface area contributed by atoms with Gasteiger partial charge in [-0.15, -0.1) is 0 Å². The van der Waals surface area contributed by atoms with Crippen molar-refractivity contribution in [1.29, 1.82) is 0 Å². The zero-order valence-corrected chi connectivity index (χ0v) is 13.1. The van der Waals surface area contributed by atoms with Crippen LogP contribution in [0.15, 0.2) is 18.2 Å². The van der Waals surface area contributed by atoms with Gasteiger partial charge in [0.1, 0.15) is 5.75 Å². The lowest BCUT2D eigenvalue weighted by Crippen LogP contribution is -2.24. The maximum atomic E-state index is 5.53. The zero-order chi connectivity index (χ0) is 14.4. The van der Waals surface area contributed by atoms with E-state index in [0.717, 1.165) is 24.8 Å². The van der Waals surface area contributed by atoms with Crippen LogP contribution in [-0.2, 0) is 13.1 Å². The Bertz CT molecular complexity index is 419. The summed E-state index contributed by atoms with van der Waals surface area (Å²) in [5, 5.41) is 3.21. The highest BCUT2D eigenvalue weighted by Gasteiger charge is 2.15. The fraction of sp³-hybridized carbons (Fsp3) is 0.647. The predicted molar refractivity (Wildman–Crippen MR) is 84.0 cm³/mol. The molecule has 112 valence electrons. The van der Waals surface area contributed by atoms with Crippen LogP contribution >= 0.6 is 0 Å². The molecular formula is C17H28N2O. The number of methoxy groups -OCH3 is 1. The minimum atomic E-state index is 0.873. The van der Waals surface area contributed by atoms with Crippen molar-refractivity contribution in [2.75, 3.05) is 27.2 Å². The molecule has 1 atom stereocenters. The molecule has 1 aliphatic heterocycles. The van der Waals surface area contributed by atoms with Gasteiger partial charge in [0, 0.05) is 18.7 Å². The lowest BCUT2D eigenvalue weighted by molar-refractivity contribution is 0.268. The van der Waals surface area contributed by atoms with E-state index < -0.39 is 0 Å². The highest BCUT2D eigenvalue weighted by atomic mass is 16.5. The summed E-state index contributed by atoms with van der Waals surface area (Å²) in [5.74, 6) is 1.89. The van der Waals surface area contributed by atoms with Crippen molar-refractivity contribution in [3.05, 3.63) is 29.3 Å². The fourth-order valence-electron chi connectivity index (χ4n) is 2.99. The number of ether oxygens (including phenoxy) is 1. The van der Waals surface area contributed by atoms with Crippen LogP contribution < -0.4 is 10.1 Å². The largest absolute Gasteiger partial charge is 0.496 e. The van der Waals surface area contributed by atoms with E-state index in [2.05, 4.69) is 35.3 Å². The van der Waals surface area contributed by atoms with Crippen molar-refractivity contribution in [2.45, 2.75) is 39.3 Å². The van der Waals surface area contributed by atoms with Gasteiger partial charge in [-0.25, -0.2) is 0 Å². The second-order valence-corrected chi connectivity index (χ2v) is 5.99. The second-order valence-electron chi connectivity index (χ2n) is 5.99. The molecule has 1 N–H and O–H groups in total. The summed E-state index contributed by atoms with van der Waals surface area (Å²) < 4.78 is 5.53. The summed E-state index contributed by atoms with van der Waals surface area (Å²) in [6, 6.07) is 6.52. The molecule has 0 radical (unpaired) electrons. The van der Waals surface area contributed by atoms with Crippen molar-refractivity contribution in [1.82, 2.24) is 10.2 Å². The van der Waals surface area contributed by atoms with Crippen molar-refractivity contribution in [3.8, 4) is 5.75 Å². The Hall–Kier alpha value is -1.06. The summed E-state index contributed by atoms with van der Waals surface area (Å²) in [6.45, 7) is 6.71. The van der Waals surface area contributed by atoms with Crippen LogP contribution in [0.1, 0.15) is 37.3 Å². The molecule has 1 aliphatic rings. The maximum absolute atomic E-state index is 5.53. The molecule has 0 aromatic heterocycles. The van der Waals surface area contributed by atoms with Gasteiger partial charge in [0.05, 0.1) is 7.11 Å². The standard InChI is InChI=1S/C17H28N2O/c1-14-5-4-9-19(10-8-14)13-16-11-15(12-18-2)6-7-17(16)20-3/h6-7,11,14,18H,4-5,8-10,12-13H2,1-3H3. The zero-order valence-electron chi connectivity index (χ0n) is 13.1. The molecule has 3 heteroatoms. The van der Waals surface area contributed by atoms with Gasteiger partial charge in [-0.1, -0.05) is 13.0 Å². The van der Waals surface area contributed by atoms with Gasteiger partial charge in [0.25, 0.3) is 0 Å². The normalized spacial score (nSPS) is 20.6. The summed E-state index contributed by atoms with van der Waals surface area (Å²) >= 11 is 0. The third kappa shape index (κ3) is 4.22. The summed E-state index contributed by atoms with van der Waals surface area (Å²) in [4.78, 5) is 2.57. The molecule has 0 spiro atoms. The number of hydrogen-bond donors (Lipinski definition) is 1. The molecule has 1 saturated heterocycles. The Kier molecular flexibility index (Phi) is 5.86. The number of benzene rings is 1. The molecule has 1 aromatic carbocycles. The van der Waals surface area contributed by atoms with Crippen LogP contribution in [-0.4, -0.2) is 32.1 Å². The lowest BCUT2D eigenvalue weighted by atomic mass is 10.0. The SMILES string of the molecule is CNCc1ccc(OC)c(CN2CCCC(C)CC2)c1. The van der Waals surface area contributed by atoms with Crippen LogP contribution in [0, 0.1) is 5.92 Å². The van der Waals surface area contributed by atoms with Crippen LogP contribution in [0.25, 0.3) is 0 Å². The van der Waals surface area contributed by atoms with E-state index in [-0.39, 0.29) is 0 Å². The fourth-order valence-corrected chi connectivity index (χ4v) is 2.99. The Labute approximate surface area is 123 Å². The monoisotopic (exact) mass is 276 g/mol. The first-order chi connectivity index (χ1) is 9.72. The molecule has 0 aliphatic carbocycles. The average Bonchev–Trinajstić information content (AvgIpc) is 2.65. The molecule has 0 saturated carbocycles. The molecule has 0 bridgehead atoms. The highest BCUT2D eigenvalue weighted by Crippen LogP contribution is 2.24. The number of rotatable bonds is 5. The maximum Gasteiger partial charge on any atom is 0.123 e. The summed E-state index contributed by atoms with van der Waals surface area (Å²) in [6.07, 6.45) is 4.01. The van der Waals surface area contributed by atoms with E-state index in [1.807, 2.05) is 7.05 Å². The number of nitrogens with zero attached hydrogens (tertiary/aromatic N) is 1. The van der Waals surface area contributed by atoms with E-state index in [4.69, 9.17) is 4.74 Å². The van der Waals surface area contributed by atoms with Crippen molar-refractivity contribution >= 4 is 0 Å². The van der Waals surface area contributed by atoms with Gasteiger partial charge in [0.15, 0.2) is 0 Å². The van der Waals surface area contributed by atoms with E-state index in [0.29, 0.717) is 0 Å². The summed E-state index contributed by atoms with van der Waals surface area (Å²) in [5.41, 5.74) is 2.64. The molecule has 2 rings (SSSR count). The molecule has 20 heavy (non-hydrogen) atoms. The smallest absolute Gasteiger partial charge is 0.123 e. The second kappa shape index (κ2) is 7.65. The van der Waals surface area contributed by atoms with Crippen molar-refractivity contribution in [2.24, 2.45) is 5.92 Å². The van der Waals surface area contributed by atoms with Gasteiger partial charge in [-0.05, 0) is 63.0 Å². The molecule has 1 unspecified atom stereocenters. The minimum Gasteiger partial charge on any atom is -0.496 e. The van der Waals surface area contributed by atoms with Gasteiger partial charge in [-0.2, -0.15) is 0 Å². The Morgan fingerprint density at radius 1 is 1.30 bits per heavy atom. The Morgan fingerprint density at radius 3 is 2.90 bits per heavy atom. The number of nitrogens with one attached hydrogen (secondary N) is 1. The van der Waals surface area contributed by atoms with Crippen molar-refractivity contribution in [3.63, 3.8) is 0 Å². The first-order valence-electron chi connectivity index (χ1n) is 7.75.